The summed E-state index contributed by atoms with van der Waals surface area (Å²) in [6, 6.07) is 3.08. The molecule has 0 bridgehead atoms. The maximum atomic E-state index is 13.1. The lowest BCUT2D eigenvalue weighted by Gasteiger charge is -2.29. The Hall–Kier alpha value is -2.15. The molecule has 156 valence electrons. The zero-order chi connectivity index (χ0) is 21.4. The number of carbonyl (C=O) groups excluding carboxylic acids is 2. The molecule has 0 spiro atoms. The van der Waals surface area contributed by atoms with E-state index in [4.69, 9.17) is 4.74 Å². The molecule has 2 heterocycles. The quantitative estimate of drug-likeness (QED) is 0.494. The first-order chi connectivity index (χ1) is 13.6. The predicted octanol–water partition coefficient (Wildman–Crippen LogP) is 4.99. The average molecular weight is 462 g/mol. The number of amides is 2. The normalized spacial score (nSPS) is 25.6. The number of allylic oxidation sites excluding steroid dienone is 2. The van der Waals surface area contributed by atoms with Crippen molar-refractivity contribution in [2.45, 2.75) is 64.6 Å². The van der Waals surface area contributed by atoms with Crippen LogP contribution in [0.15, 0.2) is 41.5 Å². The van der Waals surface area contributed by atoms with E-state index in [1.165, 1.54) is 0 Å². The summed E-state index contributed by atoms with van der Waals surface area (Å²) in [4.78, 5) is 32.0. The lowest BCUT2D eigenvalue weighted by Crippen LogP contribution is -2.47. The third-order valence-electron chi connectivity index (χ3n) is 5.29. The van der Waals surface area contributed by atoms with Gasteiger partial charge in [-0.25, -0.2) is 9.78 Å². The van der Waals surface area contributed by atoms with Gasteiger partial charge in [0, 0.05) is 11.5 Å². The summed E-state index contributed by atoms with van der Waals surface area (Å²) >= 11 is 3.33. The molecule has 0 radical (unpaired) electrons. The van der Waals surface area contributed by atoms with Crippen molar-refractivity contribution in [1.29, 1.82) is 0 Å². The van der Waals surface area contributed by atoms with Gasteiger partial charge in [-0.05, 0) is 74.5 Å². The molecule has 2 fully saturated rings. The summed E-state index contributed by atoms with van der Waals surface area (Å²) in [5.41, 5.74) is 0.0650. The minimum atomic E-state index is -0.626. The van der Waals surface area contributed by atoms with E-state index in [9.17, 15) is 9.59 Å². The van der Waals surface area contributed by atoms with Gasteiger partial charge in [0.05, 0.1) is 0 Å². The van der Waals surface area contributed by atoms with Crippen molar-refractivity contribution in [3.63, 3.8) is 0 Å². The van der Waals surface area contributed by atoms with Crippen molar-refractivity contribution in [1.82, 2.24) is 9.88 Å². The van der Waals surface area contributed by atoms with Crippen LogP contribution in [-0.2, 0) is 9.53 Å². The summed E-state index contributed by atoms with van der Waals surface area (Å²) in [6.45, 7) is 11.1. The fourth-order valence-electron chi connectivity index (χ4n) is 3.84. The average Bonchev–Trinajstić information content (AvgIpc) is 3.20. The van der Waals surface area contributed by atoms with Crippen LogP contribution in [0.2, 0.25) is 0 Å². The highest BCUT2D eigenvalue weighted by Gasteiger charge is 2.66. The molecule has 1 aromatic rings. The molecule has 3 rings (SSSR count). The van der Waals surface area contributed by atoms with E-state index in [1.54, 1.807) is 4.90 Å². The van der Waals surface area contributed by atoms with E-state index in [-0.39, 0.29) is 17.4 Å². The summed E-state index contributed by atoms with van der Waals surface area (Å²) in [5.74, 6) is 0.249. The Balaban J connectivity index is 1.83. The van der Waals surface area contributed by atoms with Gasteiger partial charge in [0.1, 0.15) is 22.1 Å². The number of carbonyl (C=O) groups is 2. The topological polar surface area (TPSA) is 71.5 Å². The van der Waals surface area contributed by atoms with Crippen LogP contribution in [0.25, 0.3) is 0 Å². The van der Waals surface area contributed by atoms with Crippen LogP contribution in [0.5, 0.6) is 0 Å². The van der Waals surface area contributed by atoms with Crippen molar-refractivity contribution in [2.75, 3.05) is 5.32 Å². The Morgan fingerprint density at radius 2 is 2.14 bits per heavy atom. The van der Waals surface area contributed by atoms with E-state index in [1.807, 2.05) is 45.9 Å². The molecule has 3 atom stereocenters. The van der Waals surface area contributed by atoms with Gasteiger partial charge in [-0.1, -0.05) is 24.3 Å². The minimum Gasteiger partial charge on any atom is -0.444 e. The van der Waals surface area contributed by atoms with Crippen LogP contribution in [-0.4, -0.2) is 39.6 Å². The first kappa shape index (κ1) is 21.6. The summed E-state index contributed by atoms with van der Waals surface area (Å²) < 4.78 is 6.25. The maximum Gasteiger partial charge on any atom is 0.411 e. The molecular formula is C22H28BrN3O3. The standard InChI is InChI=1S/C22H28BrN3O3/c1-6-7-8-11-22-12-15(19(27)25-18-14(2)9-10-17(23)24-18)26(16(22)13-22)20(28)29-21(3,4)5/h6,8-11,15-16H,1,7,12-13H2,2-5H3,(H,24,25,27)/t15-,16+,22-/m0/s1. The first-order valence-electron chi connectivity index (χ1n) is 9.80. The van der Waals surface area contributed by atoms with Gasteiger partial charge >= 0.3 is 6.09 Å². The van der Waals surface area contributed by atoms with Crippen molar-refractivity contribution >= 4 is 33.7 Å². The highest BCUT2D eigenvalue weighted by Crippen LogP contribution is 2.61. The zero-order valence-corrected chi connectivity index (χ0v) is 19.0. The predicted molar refractivity (Wildman–Crippen MR) is 117 cm³/mol. The fourth-order valence-corrected chi connectivity index (χ4v) is 4.15. The highest BCUT2D eigenvalue weighted by molar-refractivity contribution is 9.10. The second-order valence-corrected chi connectivity index (χ2v) is 9.59. The Morgan fingerprint density at radius 1 is 1.41 bits per heavy atom. The molecule has 1 aliphatic carbocycles. The summed E-state index contributed by atoms with van der Waals surface area (Å²) in [7, 11) is 0. The zero-order valence-electron chi connectivity index (χ0n) is 17.4. The molecule has 1 saturated heterocycles. The number of hydrogen-bond donors (Lipinski definition) is 1. The third-order valence-corrected chi connectivity index (χ3v) is 5.73. The number of anilines is 1. The number of pyridine rings is 1. The molecule has 0 aromatic carbocycles. The minimum absolute atomic E-state index is 0.0225. The number of aryl methyl sites for hydroxylation is 1. The fraction of sp³-hybridized carbons (Fsp3) is 0.500. The van der Waals surface area contributed by atoms with Gasteiger partial charge in [0.25, 0.3) is 0 Å². The van der Waals surface area contributed by atoms with Gasteiger partial charge in [-0.2, -0.15) is 0 Å². The number of aromatic nitrogens is 1. The molecular weight excluding hydrogens is 434 g/mol. The number of ether oxygens (including phenoxy) is 1. The van der Waals surface area contributed by atoms with Crippen LogP contribution in [0.3, 0.4) is 0 Å². The Kier molecular flexibility index (Phi) is 5.90. The lowest BCUT2D eigenvalue weighted by atomic mass is 9.98. The molecule has 1 saturated carbocycles. The number of piperidine rings is 1. The Labute approximate surface area is 180 Å². The van der Waals surface area contributed by atoms with Crippen LogP contribution >= 0.6 is 15.9 Å². The number of rotatable bonds is 5. The largest absolute Gasteiger partial charge is 0.444 e. The molecule has 1 N–H and O–H groups in total. The third kappa shape index (κ3) is 4.71. The van der Waals surface area contributed by atoms with Crippen LogP contribution < -0.4 is 5.32 Å². The molecule has 7 heteroatoms. The molecule has 2 amide bonds. The second kappa shape index (κ2) is 7.94. The highest BCUT2D eigenvalue weighted by atomic mass is 79.9. The van der Waals surface area contributed by atoms with Crippen LogP contribution in [0, 0.1) is 12.3 Å². The van der Waals surface area contributed by atoms with Gasteiger partial charge in [0.15, 0.2) is 0 Å². The summed E-state index contributed by atoms with van der Waals surface area (Å²) in [5, 5.41) is 2.90. The van der Waals surface area contributed by atoms with Crippen molar-refractivity contribution in [2.24, 2.45) is 5.41 Å². The number of likely N-dealkylation sites (tertiary alicyclic amines) is 1. The van der Waals surface area contributed by atoms with Gasteiger partial charge in [-0.15, -0.1) is 6.58 Å². The Bertz CT molecular complexity index is 861. The van der Waals surface area contributed by atoms with E-state index in [2.05, 4.69) is 45.0 Å². The Morgan fingerprint density at radius 3 is 2.79 bits per heavy atom. The maximum absolute atomic E-state index is 13.1. The monoisotopic (exact) mass is 461 g/mol. The smallest absolute Gasteiger partial charge is 0.411 e. The molecule has 1 aliphatic heterocycles. The van der Waals surface area contributed by atoms with Crippen molar-refractivity contribution in [3.8, 4) is 0 Å². The molecule has 29 heavy (non-hydrogen) atoms. The number of fused-ring (bicyclic) bond motifs is 1. The van der Waals surface area contributed by atoms with Crippen LogP contribution in [0.4, 0.5) is 10.6 Å². The van der Waals surface area contributed by atoms with E-state index in [0.717, 1.165) is 18.4 Å². The van der Waals surface area contributed by atoms with Crippen LogP contribution in [0.1, 0.15) is 45.6 Å². The summed E-state index contributed by atoms with van der Waals surface area (Å²) in [6.07, 6.45) is 7.75. The second-order valence-electron chi connectivity index (χ2n) is 8.78. The number of hydrogen-bond acceptors (Lipinski definition) is 4. The lowest BCUT2D eigenvalue weighted by molar-refractivity contribution is -0.121. The van der Waals surface area contributed by atoms with E-state index >= 15 is 0 Å². The van der Waals surface area contributed by atoms with Crippen molar-refractivity contribution in [3.05, 3.63) is 47.1 Å². The van der Waals surface area contributed by atoms with Crippen molar-refractivity contribution < 1.29 is 14.3 Å². The SMILES string of the molecule is C=CCC=C[C@@]12C[C@@H](C(=O)Nc3nc(Br)ccc3C)N(C(=O)OC(C)(C)C)[C@@H]1C2. The van der Waals surface area contributed by atoms with Gasteiger partial charge in [0.2, 0.25) is 5.91 Å². The molecule has 6 nitrogen and oxygen atoms in total. The van der Waals surface area contributed by atoms with E-state index in [0.29, 0.717) is 16.8 Å². The number of nitrogens with one attached hydrogen (secondary N) is 1. The first-order valence-corrected chi connectivity index (χ1v) is 10.6. The molecule has 2 aliphatic rings. The molecule has 0 unspecified atom stereocenters. The number of halogens is 1. The number of nitrogens with zero attached hydrogens (tertiary/aromatic N) is 2. The van der Waals surface area contributed by atoms with E-state index < -0.39 is 17.7 Å². The van der Waals surface area contributed by atoms with Gasteiger partial charge in [-0.3, -0.25) is 9.69 Å². The van der Waals surface area contributed by atoms with Gasteiger partial charge < -0.3 is 10.1 Å². The molecule has 1 aromatic heterocycles.